The molecule has 2 aromatic carbocycles. The van der Waals surface area contributed by atoms with Crippen molar-refractivity contribution >= 4 is 23.4 Å². The Morgan fingerprint density at radius 1 is 1.19 bits per heavy atom. The fourth-order valence-corrected chi connectivity index (χ4v) is 2.50. The van der Waals surface area contributed by atoms with Crippen LogP contribution in [-0.2, 0) is 0 Å². The van der Waals surface area contributed by atoms with Gasteiger partial charge in [-0.3, -0.25) is 10.1 Å². The third kappa shape index (κ3) is 2.60. The van der Waals surface area contributed by atoms with Crippen LogP contribution in [0.15, 0.2) is 48.2 Å². The highest BCUT2D eigenvalue weighted by Gasteiger charge is 2.30. The van der Waals surface area contributed by atoms with E-state index in [9.17, 15) is 14.5 Å². The van der Waals surface area contributed by atoms with Gasteiger partial charge in [-0.15, -0.1) is 0 Å². The molecule has 0 aliphatic carbocycles. The number of benzene rings is 2. The maximum absolute atomic E-state index is 13.0. The van der Waals surface area contributed by atoms with Crippen LogP contribution in [0.3, 0.4) is 0 Å². The summed E-state index contributed by atoms with van der Waals surface area (Å²) in [5, 5.41) is 14.9. The molecule has 1 atom stereocenters. The van der Waals surface area contributed by atoms with Crippen molar-refractivity contribution in [3.05, 3.63) is 80.2 Å². The molecule has 0 aromatic heterocycles. The van der Waals surface area contributed by atoms with E-state index < -0.39 is 11.0 Å². The molecule has 0 saturated carbocycles. The van der Waals surface area contributed by atoms with Gasteiger partial charge in [0.1, 0.15) is 11.9 Å². The molecule has 1 N–H and O–H groups in total. The summed E-state index contributed by atoms with van der Waals surface area (Å²) in [5.74, 6) is -0.381. The van der Waals surface area contributed by atoms with Crippen LogP contribution in [0.5, 0.6) is 0 Å². The molecule has 0 radical (unpaired) electrons. The highest BCUT2D eigenvalue weighted by atomic mass is 35.5. The van der Waals surface area contributed by atoms with Gasteiger partial charge in [-0.1, -0.05) is 23.7 Å². The van der Waals surface area contributed by atoms with Crippen molar-refractivity contribution in [3.8, 4) is 0 Å². The van der Waals surface area contributed by atoms with E-state index in [0.29, 0.717) is 16.1 Å². The number of nitrogens with one attached hydrogen (secondary N) is 1. The van der Waals surface area contributed by atoms with Gasteiger partial charge in [0, 0.05) is 22.3 Å². The largest absolute Gasteiger partial charge is 0.368 e. The Balaban J connectivity index is 2.08. The highest BCUT2D eigenvalue weighted by molar-refractivity contribution is 6.30. The fraction of sp³-hybridized carbons (Fsp3) is 0.0667. The third-order valence-corrected chi connectivity index (χ3v) is 3.56. The van der Waals surface area contributed by atoms with Gasteiger partial charge in [-0.05, 0) is 35.9 Å². The average molecular weight is 305 g/mol. The lowest BCUT2D eigenvalue weighted by Gasteiger charge is -2.23. The van der Waals surface area contributed by atoms with Gasteiger partial charge in [-0.2, -0.15) is 0 Å². The van der Waals surface area contributed by atoms with E-state index in [2.05, 4.69) is 5.32 Å². The maximum Gasteiger partial charge on any atom is 0.273 e. The van der Waals surface area contributed by atoms with Crippen molar-refractivity contribution in [2.24, 2.45) is 0 Å². The number of hydrogen-bond donors (Lipinski definition) is 1. The van der Waals surface area contributed by atoms with E-state index in [-0.39, 0.29) is 11.5 Å². The number of fused-ring (bicyclic) bond motifs is 1. The predicted octanol–water partition coefficient (Wildman–Crippen LogP) is 4.26. The van der Waals surface area contributed by atoms with Gasteiger partial charge < -0.3 is 5.32 Å². The number of anilines is 1. The first kappa shape index (κ1) is 13.6. The van der Waals surface area contributed by atoms with Gasteiger partial charge in [0.05, 0.1) is 4.92 Å². The van der Waals surface area contributed by atoms with Crippen molar-refractivity contribution in [3.63, 3.8) is 0 Å². The number of halogens is 2. The molecule has 21 heavy (non-hydrogen) atoms. The van der Waals surface area contributed by atoms with E-state index in [1.807, 2.05) is 0 Å². The van der Waals surface area contributed by atoms with E-state index in [0.717, 1.165) is 5.69 Å². The van der Waals surface area contributed by atoms with Crippen molar-refractivity contribution in [2.75, 3.05) is 5.32 Å². The molecule has 1 aliphatic rings. The fourth-order valence-electron chi connectivity index (χ4n) is 2.32. The molecular weight excluding hydrogens is 295 g/mol. The standard InChI is InChI=1S/C15H10ClFN2O2/c16-11-3-6-13-10(7-11)8-14(19(20)21)15(18-13)9-1-4-12(17)5-2-9/h1-8,15,18H. The summed E-state index contributed by atoms with van der Waals surface area (Å²) in [6.45, 7) is 0. The Morgan fingerprint density at radius 2 is 1.90 bits per heavy atom. The van der Waals surface area contributed by atoms with Crippen molar-refractivity contribution < 1.29 is 9.31 Å². The molecule has 0 spiro atoms. The average Bonchev–Trinajstić information content (AvgIpc) is 2.46. The van der Waals surface area contributed by atoms with E-state index >= 15 is 0 Å². The minimum atomic E-state index is -0.630. The first-order valence-corrected chi connectivity index (χ1v) is 6.60. The van der Waals surface area contributed by atoms with Crippen molar-refractivity contribution in [2.45, 2.75) is 6.04 Å². The van der Waals surface area contributed by atoms with Crippen LogP contribution >= 0.6 is 11.6 Å². The van der Waals surface area contributed by atoms with Gasteiger partial charge in [0.25, 0.3) is 5.70 Å². The molecule has 106 valence electrons. The second kappa shape index (κ2) is 5.18. The molecule has 0 saturated heterocycles. The molecule has 0 bridgehead atoms. The monoisotopic (exact) mass is 304 g/mol. The third-order valence-electron chi connectivity index (χ3n) is 3.33. The molecule has 0 fully saturated rings. The van der Waals surface area contributed by atoms with Crippen LogP contribution in [0.1, 0.15) is 17.2 Å². The Labute approximate surface area is 125 Å². The van der Waals surface area contributed by atoms with E-state index in [4.69, 9.17) is 11.6 Å². The first-order chi connectivity index (χ1) is 10.0. The molecule has 2 aromatic rings. The summed E-state index contributed by atoms with van der Waals surface area (Å²) in [4.78, 5) is 10.9. The SMILES string of the molecule is O=[N+]([O-])C1=Cc2cc(Cl)ccc2NC1c1ccc(F)cc1. The summed E-state index contributed by atoms with van der Waals surface area (Å²) in [6.07, 6.45) is 1.49. The predicted molar refractivity (Wildman–Crippen MR) is 79.2 cm³/mol. The van der Waals surface area contributed by atoms with Gasteiger partial charge >= 0.3 is 0 Å². The summed E-state index contributed by atoms with van der Waals surface area (Å²) in [5.41, 5.74) is 2.03. The summed E-state index contributed by atoms with van der Waals surface area (Å²) >= 11 is 5.91. The first-order valence-electron chi connectivity index (χ1n) is 6.22. The van der Waals surface area contributed by atoms with Crippen LogP contribution in [0.2, 0.25) is 5.02 Å². The quantitative estimate of drug-likeness (QED) is 0.666. The Kier molecular flexibility index (Phi) is 3.35. The van der Waals surface area contributed by atoms with Crippen molar-refractivity contribution in [1.29, 1.82) is 0 Å². The molecule has 4 nitrogen and oxygen atoms in total. The Hall–Kier alpha value is -2.40. The molecule has 6 heteroatoms. The zero-order valence-corrected chi connectivity index (χ0v) is 11.5. The van der Waals surface area contributed by atoms with Crippen LogP contribution < -0.4 is 5.32 Å². The Bertz CT molecular complexity index is 744. The minimum absolute atomic E-state index is 0.00336. The molecule has 0 amide bonds. The molecule has 1 aliphatic heterocycles. The van der Waals surface area contributed by atoms with Crippen LogP contribution in [0.25, 0.3) is 6.08 Å². The normalized spacial score (nSPS) is 16.7. The van der Waals surface area contributed by atoms with Gasteiger partial charge in [0.2, 0.25) is 0 Å². The summed E-state index contributed by atoms with van der Waals surface area (Å²) in [6, 6.07) is 10.1. The molecule has 3 rings (SSSR count). The number of nitrogens with zero attached hydrogens (tertiary/aromatic N) is 1. The lowest BCUT2D eigenvalue weighted by molar-refractivity contribution is -0.427. The zero-order valence-electron chi connectivity index (χ0n) is 10.7. The van der Waals surface area contributed by atoms with Crippen LogP contribution in [0, 0.1) is 15.9 Å². The van der Waals surface area contributed by atoms with Crippen molar-refractivity contribution in [1.82, 2.24) is 0 Å². The molecule has 1 unspecified atom stereocenters. The number of nitro groups is 1. The smallest absolute Gasteiger partial charge is 0.273 e. The van der Waals surface area contributed by atoms with Gasteiger partial charge in [-0.25, -0.2) is 4.39 Å². The highest BCUT2D eigenvalue weighted by Crippen LogP contribution is 2.36. The second-order valence-corrected chi connectivity index (χ2v) is 5.12. The lowest BCUT2D eigenvalue weighted by atomic mass is 9.97. The molecular formula is C15H10ClFN2O2. The number of hydrogen-bond acceptors (Lipinski definition) is 3. The van der Waals surface area contributed by atoms with Gasteiger partial charge in [0.15, 0.2) is 0 Å². The number of rotatable bonds is 2. The minimum Gasteiger partial charge on any atom is -0.368 e. The van der Waals surface area contributed by atoms with E-state index in [1.54, 1.807) is 18.2 Å². The zero-order chi connectivity index (χ0) is 15.0. The topological polar surface area (TPSA) is 55.2 Å². The van der Waals surface area contributed by atoms with Crippen LogP contribution in [-0.4, -0.2) is 4.92 Å². The summed E-state index contributed by atoms with van der Waals surface area (Å²) in [7, 11) is 0. The van der Waals surface area contributed by atoms with E-state index in [1.165, 1.54) is 30.3 Å². The van der Waals surface area contributed by atoms with Crippen LogP contribution in [0.4, 0.5) is 10.1 Å². The second-order valence-electron chi connectivity index (χ2n) is 4.69. The Morgan fingerprint density at radius 3 is 2.57 bits per heavy atom. The molecule has 1 heterocycles. The summed E-state index contributed by atoms with van der Waals surface area (Å²) < 4.78 is 13.0. The maximum atomic E-state index is 13.0. The lowest BCUT2D eigenvalue weighted by Crippen LogP contribution is -2.22.